The number of hydrogen-bond donors (Lipinski definition) is 1. The lowest BCUT2D eigenvalue weighted by atomic mass is 9.86. The van der Waals surface area contributed by atoms with Gasteiger partial charge in [-0.25, -0.2) is 0 Å². The fourth-order valence-electron chi connectivity index (χ4n) is 3.42. The molecule has 1 aliphatic carbocycles. The molecule has 0 spiro atoms. The van der Waals surface area contributed by atoms with E-state index in [0.717, 1.165) is 18.2 Å². The number of nitrogens with one attached hydrogen (secondary N) is 1. The fourth-order valence-corrected chi connectivity index (χ4v) is 3.42. The van der Waals surface area contributed by atoms with Gasteiger partial charge in [-0.05, 0) is 56.5 Å². The van der Waals surface area contributed by atoms with Crippen molar-refractivity contribution in [1.82, 2.24) is 9.88 Å². The Morgan fingerprint density at radius 2 is 2.26 bits per heavy atom. The first-order valence-corrected chi connectivity index (χ1v) is 7.03. The highest BCUT2D eigenvalue weighted by Crippen LogP contribution is 2.35. The number of hydrogen-bond acceptors (Lipinski definition) is 2. The molecule has 0 bridgehead atoms. The van der Waals surface area contributed by atoms with Crippen LogP contribution in [0.1, 0.15) is 17.7 Å². The maximum atomic E-state index is 5.35. The van der Waals surface area contributed by atoms with Crippen molar-refractivity contribution < 1.29 is 4.74 Å². The molecule has 3 nitrogen and oxygen atoms in total. The molecule has 0 radical (unpaired) electrons. The quantitative estimate of drug-likeness (QED) is 0.915. The SMILES string of the molecule is CNCC1CCc2c(c3ccc(OC)cc3n2C)C1. The lowest BCUT2D eigenvalue weighted by Crippen LogP contribution is -2.25. The predicted molar refractivity (Wildman–Crippen MR) is 78.9 cm³/mol. The largest absolute Gasteiger partial charge is 0.497 e. The summed E-state index contributed by atoms with van der Waals surface area (Å²) >= 11 is 0. The molecule has 1 heterocycles. The van der Waals surface area contributed by atoms with E-state index >= 15 is 0 Å². The topological polar surface area (TPSA) is 26.2 Å². The van der Waals surface area contributed by atoms with Crippen LogP contribution in [0.4, 0.5) is 0 Å². The molecule has 3 heteroatoms. The summed E-state index contributed by atoms with van der Waals surface area (Å²) in [6.45, 7) is 1.12. The van der Waals surface area contributed by atoms with E-state index in [2.05, 4.69) is 35.1 Å². The molecule has 0 fully saturated rings. The van der Waals surface area contributed by atoms with Gasteiger partial charge in [-0.15, -0.1) is 0 Å². The normalized spacial score (nSPS) is 18.6. The molecule has 102 valence electrons. The van der Waals surface area contributed by atoms with Crippen LogP contribution in [-0.2, 0) is 19.9 Å². The van der Waals surface area contributed by atoms with Gasteiger partial charge in [-0.2, -0.15) is 0 Å². The molecule has 1 aromatic carbocycles. The summed E-state index contributed by atoms with van der Waals surface area (Å²) in [6.07, 6.45) is 3.67. The smallest absolute Gasteiger partial charge is 0.120 e. The Morgan fingerprint density at radius 3 is 3.00 bits per heavy atom. The standard InChI is InChI=1S/C16H22N2O/c1-17-10-11-4-7-15-14(8-11)13-6-5-12(19-3)9-16(13)18(15)2/h5-6,9,11,17H,4,7-8,10H2,1-3H3. The van der Waals surface area contributed by atoms with Crippen molar-refractivity contribution >= 4 is 10.9 Å². The number of benzene rings is 1. The first-order valence-electron chi connectivity index (χ1n) is 7.03. The average Bonchev–Trinajstić information content (AvgIpc) is 2.72. The van der Waals surface area contributed by atoms with E-state index in [0.29, 0.717) is 0 Å². The molecule has 1 aliphatic rings. The summed E-state index contributed by atoms with van der Waals surface area (Å²) in [7, 11) is 5.95. The van der Waals surface area contributed by atoms with E-state index in [9.17, 15) is 0 Å². The highest BCUT2D eigenvalue weighted by molar-refractivity contribution is 5.87. The number of aromatic nitrogens is 1. The zero-order valence-corrected chi connectivity index (χ0v) is 12.0. The van der Waals surface area contributed by atoms with Crippen molar-refractivity contribution in [3.8, 4) is 5.75 Å². The van der Waals surface area contributed by atoms with Crippen LogP contribution in [0.3, 0.4) is 0 Å². The minimum atomic E-state index is 0.769. The van der Waals surface area contributed by atoms with Crippen LogP contribution in [0.5, 0.6) is 5.75 Å². The van der Waals surface area contributed by atoms with Gasteiger partial charge in [0.25, 0.3) is 0 Å². The summed E-state index contributed by atoms with van der Waals surface area (Å²) in [5.74, 6) is 1.71. The van der Waals surface area contributed by atoms with E-state index in [1.807, 2.05) is 7.05 Å². The Morgan fingerprint density at radius 1 is 1.42 bits per heavy atom. The molecule has 19 heavy (non-hydrogen) atoms. The number of methoxy groups -OCH3 is 1. The van der Waals surface area contributed by atoms with Crippen molar-refractivity contribution in [3.63, 3.8) is 0 Å². The molecule has 1 aromatic heterocycles. The Labute approximate surface area is 114 Å². The van der Waals surface area contributed by atoms with Crippen LogP contribution >= 0.6 is 0 Å². The van der Waals surface area contributed by atoms with Crippen LogP contribution in [0.25, 0.3) is 10.9 Å². The number of fused-ring (bicyclic) bond motifs is 3. The van der Waals surface area contributed by atoms with E-state index in [1.54, 1.807) is 12.7 Å². The van der Waals surface area contributed by atoms with Crippen LogP contribution in [-0.4, -0.2) is 25.3 Å². The lowest BCUT2D eigenvalue weighted by molar-refractivity contribution is 0.415. The monoisotopic (exact) mass is 258 g/mol. The fraction of sp³-hybridized carbons (Fsp3) is 0.500. The third-order valence-corrected chi connectivity index (χ3v) is 4.42. The zero-order chi connectivity index (χ0) is 13.4. The van der Waals surface area contributed by atoms with Crippen molar-refractivity contribution in [2.45, 2.75) is 19.3 Å². The second-order valence-electron chi connectivity index (χ2n) is 5.53. The molecule has 1 N–H and O–H groups in total. The Bertz CT molecular complexity index is 600. The summed E-state index contributed by atoms with van der Waals surface area (Å²) in [6, 6.07) is 6.44. The van der Waals surface area contributed by atoms with Crippen molar-refractivity contribution in [1.29, 1.82) is 0 Å². The Hall–Kier alpha value is -1.48. The van der Waals surface area contributed by atoms with Crippen LogP contribution in [0.15, 0.2) is 18.2 Å². The molecule has 1 atom stereocenters. The van der Waals surface area contributed by atoms with E-state index in [4.69, 9.17) is 4.74 Å². The Kier molecular flexibility index (Phi) is 3.23. The first-order chi connectivity index (χ1) is 9.24. The number of ether oxygens (including phenoxy) is 1. The van der Waals surface area contributed by atoms with E-state index in [-0.39, 0.29) is 0 Å². The summed E-state index contributed by atoms with van der Waals surface area (Å²) < 4.78 is 7.70. The highest BCUT2D eigenvalue weighted by atomic mass is 16.5. The minimum absolute atomic E-state index is 0.769. The average molecular weight is 258 g/mol. The molecule has 0 saturated carbocycles. The number of nitrogens with zero attached hydrogens (tertiary/aromatic N) is 1. The maximum absolute atomic E-state index is 5.35. The van der Waals surface area contributed by atoms with Crippen molar-refractivity contribution in [2.24, 2.45) is 13.0 Å². The van der Waals surface area contributed by atoms with Gasteiger partial charge >= 0.3 is 0 Å². The second-order valence-corrected chi connectivity index (χ2v) is 5.53. The maximum Gasteiger partial charge on any atom is 0.120 e. The summed E-state index contributed by atoms with van der Waals surface area (Å²) in [4.78, 5) is 0. The van der Waals surface area contributed by atoms with Gasteiger partial charge in [-0.1, -0.05) is 0 Å². The molecular formula is C16H22N2O. The molecular weight excluding hydrogens is 236 g/mol. The molecule has 3 rings (SSSR count). The van der Waals surface area contributed by atoms with E-state index in [1.165, 1.54) is 35.9 Å². The number of rotatable bonds is 3. The van der Waals surface area contributed by atoms with E-state index < -0.39 is 0 Å². The molecule has 1 unspecified atom stereocenters. The van der Waals surface area contributed by atoms with Gasteiger partial charge in [0.15, 0.2) is 0 Å². The van der Waals surface area contributed by atoms with Crippen molar-refractivity contribution in [2.75, 3.05) is 20.7 Å². The van der Waals surface area contributed by atoms with Crippen LogP contribution < -0.4 is 10.1 Å². The molecule has 0 saturated heterocycles. The Balaban J connectivity index is 2.08. The molecule has 0 aliphatic heterocycles. The van der Waals surface area contributed by atoms with Gasteiger partial charge < -0.3 is 14.6 Å². The van der Waals surface area contributed by atoms with Crippen LogP contribution in [0, 0.1) is 5.92 Å². The second kappa shape index (κ2) is 4.89. The van der Waals surface area contributed by atoms with Gasteiger partial charge in [0.1, 0.15) is 5.75 Å². The lowest BCUT2D eigenvalue weighted by Gasteiger charge is -2.23. The molecule has 0 amide bonds. The first kappa shape index (κ1) is 12.5. The minimum Gasteiger partial charge on any atom is -0.497 e. The zero-order valence-electron chi connectivity index (χ0n) is 12.0. The highest BCUT2D eigenvalue weighted by Gasteiger charge is 2.24. The third-order valence-electron chi connectivity index (χ3n) is 4.42. The van der Waals surface area contributed by atoms with Gasteiger partial charge in [-0.3, -0.25) is 0 Å². The van der Waals surface area contributed by atoms with Crippen molar-refractivity contribution in [3.05, 3.63) is 29.5 Å². The summed E-state index contributed by atoms with van der Waals surface area (Å²) in [5, 5.41) is 4.72. The predicted octanol–water partition coefficient (Wildman–Crippen LogP) is 2.51. The van der Waals surface area contributed by atoms with Gasteiger partial charge in [0.05, 0.1) is 12.6 Å². The summed E-state index contributed by atoms with van der Waals surface area (Å²) in [5.41, 5.74) is 4.36. The number of aryl methyl sites for hydroxylation is 1. The van der Waals surface area contributed by atoms with Gasteiger partial charge in [0.2, 0.25) is 0 Å². The third kappa shape index (κ3) is 2.02. The molecule has 2 aromatic rings. The van der Waals surface area contributed by atoms with Gasteiger partial charge in [0, 0.05) is 24.2 Å². The van der Waals surface area contributed by atoms with Crippen LogP contribution in [0.2, 0.25) is 0 Å².